The monoisotopic (exact) mass is 557 g/mol. The highest BCUT2D eigenvalue weighted by molar-refractivity contribution is 14.1. The Morgan fingerprint density at radius 1 is 1.12 bits per heavy atom. The second-order valence-corrected chi connectivity index (χ2v) is 10.3. The topological polar surface area (TPSA) is 35.5 Å². The van der Waals surface area contributed by atoms with Crippen molar-refractivity contribution in [1.82, 2.24) is 0 Å². The molecular formula is C29H34IO3. The number of ether oxygens (including phenoxy) is 2. The summed E-state index contributed by atoms with van der Waals surface area (Å²) in [6.07, 6.45) is 5.07. The number of carbonyl (C=O) groups excluding carboxylic acids is 1. The van der Waals surface area contributed by atoms with Gasteiger partial charge in [-0.05, 0) is 93.0 Å². The van der Waals surface area contributed by atoms with Crippen LogP contribution in [0.2, 0.25) is 0 Å². The molecule has 0 bridgehead atoms. The molecule has 1 radical (unpaired) electrons. The fourth-order valence-corrected chi connectivity index (χ4v) is 4.46. The predicted octanol–water partition coefficient (Wildman–Crippen LogP) is 7.96. The summed E-state index contributed by atoms with van der Waals surface area (Å²) in [4.78, 5) is 12.9. The average molecular weight is 557 g/mol. The lowest BCUT2D eigenvalue weighted by molar-refractivity contribution is 0.0106. The standard InChI is InChI=1S/C29H34IO3/c1-5-9-26-19-21(3)28(32-26)17-16-27(18-20(2)22(4)30)33-29(31)25-14-12-24(13-15-25)23-10-7-6-8-11-23/h6-8,10-15,20,26-28H,1,3-5,9,16-19H2,2H3/t20-,26+,27-,28+/m1/s1. The van der Waals surface area contributed by atoms with Gasteiger partial charge < -0.3 is 9.47 Å². The number of carbonyl (C=O) groups is 1. The van der Waals surface area contributed by atoms with Crippen LogP contribution in [0, 0.1) is 12.8 Å². The van der Waals surface area contributed by atoms with Gasteiger partial charge in [-0.1, -0.05) is 75.9 Å². The van der Waals surface area contributed by atoms with Crippen molar-refractivity contribution in [2.75, 3.05) is 0 Å². The Bertz CT molecular complexity index is 935. The van der Waals surface area contributed by atoms with Crippen LogP contribution < -0.4 is 0 Å². The maximum absolute atomic E-state index is 12.9. The van der Waals surface area contributed by atoms with Crippen molar-refractivity contribution in [2.45, 2.75) is 63.8 Å². The van der Waals surface area contributed by atoms with Crippen molar-refractivity contribution in [3.63, 3.8) is 0 Å². The lowest BCUT2D eigenvalue weighted by Gasteiger charge is -2.23. The first kappa shape index (κ1) is 25.7. The molecule has 1 aliphatic heterocycles. The molecule has 0 saturated carbocycles. The molecule has 0 aromatic heterocycles. The molecule has 0 amide bonds. The van der Waals surface area contributed by atoms with Crippen LogP contribution in [-0.2, 0) is 9.47 Å². The average Bonchev–Trinajstić information content (AvgIpc) is 3.17. The van der Waals surface area contributed by atoms with Gasteiger partial charge in [0.1, 0.15) is 6.10 Å². The van der Waals surface area contributed by atoms with Gasteiger partial charge in [-0.25, -0.2) is 4.79 Å². The third kappa shape index (κ3) is 7.54. The van der Waals surface area contributed by atoms with Crippen LogP contribution in [0.5, 0.6) is 0 Å². The summed E-state index contributed by atoms with van der Waals surface area (Å²) in [5.74, 6) is -0.0255. The van der Waals surface area contributed by atoms with Crippen molar-refractivity contribution in [1.29, 1.82) is 0 Å². The Kier molecular flexibility index (Phi) is 9.75. The van der Waals surface area contributed by atoms with Gasteiger partial charge >= 0.3 is 5.97 Å². The van der Waals surface area contributed by atoms with Crippen molar-refractivity contribution in [3.05, 3.63) is 89.4 Å². The first-order valence-electron chi connectivity index (χ1n) is 11.7. The molecule has 4 heteroatoms. The highest BCUT2D eigenvalue weighted by Crippen LogP contribution is 2.32. The maximum atomic E-state index is 12.9. The molecule has 1 saturated heterocycles. The summed E-state index contributed by atoms with van der Waals surface area (Å²) in [6.45, 7) is 14.3. The molecule has 175 valence electrons. The maximum Gasteiger partial charge on any atom is 0.338 e. The summed E-state index contributed by atoms with van der Waals surface area (Å²) in [6, 6.07) is 17.7. The largest absolute Gasteiger partial charge is 0.459 e. The highest BCUT2D eigenvalue weighted by atomic mass is 127. The van der Waals surface area contributed by atoms with Crippen LogP contribution >= 0.6 is 22.6 Å². The quantitative estimate of drug-likeness (QED) is 0.160. The summed E-state index contributed by atoms with van der Waals surface area (Å²) in [5, 5.41) is 0. The number of hydrogen-bond acceptors (Lipinski definition) is 3. The smallest absolute Gasteiger partial charge is 0.338 e. The molecule has 1 fully saturated rings. The number of benzene rings is 2. The zero-order chi connectivity index (χ0) is 23.8. The Labute approximate surface area is 212 Å². The normalized spacial score (nSPS) is 19.8. The van der Waals surface area contributed by atoms with E-state index in [1.807, 2.05) is 42.5 Å². The fourth-order valence-electron chi connectivity index (χ4n) is 4.20. The summed E-state index contributed by atoms with van der Waals surface area (Å²) in [5.41, 5.74) is 3.91. The fraction of sp³-hybridized carbons (Fsp3) is 0.379. The van der Waals surface area contributed by atoms with Crippen LogP contribution in [0.3, 0.4) is 0 Å². The first-order valence-corrected chi connectivity index (χ1v) is 12.8. The minimum Gasteiger partial charge on any atom is -0.459 e. The second-order valence-electron chi connectivity index (χ2n) is 8.88. The Balaban J connectivity index is 1.63. The number of hydrogen-bond donors (Lipinski definition) is 0. The third-order valence-electron chi connectivity index (χ3n) is 6.23. The molecule has 0 unspecified atom stereocenters. The number of esters is 1. The summed E-state index contributed by atoms with van der Waals surface area (Å²) in [7, 11) is 0. The number of rotatable bonds is 11. The first-order chi connectivity index (χ1) is 15.9. The Morgan fingerprint density at radius 2 is 1.79 bits per heavy atom. The molecule has 3 rings (SSSR count). The molecule has 1 heterocycles. The molecule has 0 spiro atoms. The van der Waals surface area contributed by atoms with E-state index >= 15 is 0 Å². The van der Waals surface area contributed by atoms with Crippen molar-refractivity contribution in [3.8, 4) is 11.1 Å². The van der Waals surface area contributed by atoms with E-state index in [0.29, 0.717) is 5.56 Å². The van der Waals surface area contributed by atoms with E-state index in [9.17, 15) is 4.79 Å². The Morgan fingerprint density at radius 3 is 2.42 bits per heavy atom. The molecule has 4 atom stereocenters. The van der Waals surface area contributed by atoms with E-state index in [4.69, 9.17) is 9.47 Å². The van der Waals surface area contributed by atoms with E-state index < -0.39 is 0 Å². The van der Waals surface area contributed by atoms with Crippen LogP contribution in [0.4, 0.5) is 0 Å². The third-order valence-corrected chi connectivity index (χ3v) is 7.29. The Hall–Kier alpha value is -1.92. The molecule has 3 nitrogen and oxygen atoms in total. The molecule has 0 N–H and O–H groups in total. The van der Waals surface area contributed by atoms with Gasteiger partial charge in [0.05, 0.1) is 17.8 Å². The minimum atomic E-state index is -0.285. The lowest BCUT2D eigenvalue weighted by atomic mass is 9.97. The van der Waals surface area contributed by atoms with E-state index in [1.165, 1.54) is 0 Å². The molecular weight excluding hydrogens is 523 g/mol. The number of allylic oxidation sites excluding steroid dienone is 1. The van der Waals surface area contributed by atoms with E-state index in [1.54, 1.807) is 0 Å². The lowest BCUT2D eigenvalue weighted by Crippen LogP contribution is -2.23. The van der Waals surface area contributed by atoms with Gasteiger partial charge in [0.15, 0.2) is 0 Å². The highest BCUT2D eigenvalue weighted by Gasteiger charge is 2.29. The molecule has 2 aromatic rings. The molecule has 1 aliphatic rings. The molecule has 33 heavy (non-hydrogen) atoms. The minimum absolute atomic E-state index is 0.0333. The van der Waals surface area contributed by atoms with Gasteiger partial charge in [0.25, 0.3) is 0 Å². The van der Waals surface area contributed by atoms with Crippen LogP contribution in [-0.4, -0.2) is 24.3 Å². The predicted molar refractivity (Wildman–Crippen MR) is 144 cm³/mol. The summed E-state index contributed by atoms with van der Waals surface area (Å²) < 4.78 is 13.2. The van der Waals surface area contributed by atoms with Crippen molar-refractivity contribution in [2.24, 2.45) is 5.92 Å². The van der Waals surface area contributed by atoms with Crippen molar-refractivity contribution >= 4 is 28.6 Å². The van der Waals surface area contributed by atoms with E-state index in [2.05, 4.69) is 61.7 Å². The van der Waals surface area contributed by atoms with Crippen LogP contribution in [0.25, 0.3) is 11.1 Å². The molecule has 2 aromatic carbocycles. The van der Waals surface area contributed by atoms with Crippen molar-refractivity contribution < 1.29 is 14.3 Å². The van der Waals surface area contributed by atoms with Gasteiger partial charge in [-0.15, -0.1) is 0 Å². The zero-order valence-electron chi connectivity index (χ0n) is 19.5. The van der Waals surface area contributed by atoms with Gasteiger partial charge in [-0.2, -0.15) is 0 Å². The van der Waals surface area contributed by atoms with Gasteiger partial charge in [-0.3, -0.25) is 0 Å². The zero-order valence-corrected chi connectivity index (χ0v) is 21.6. The van der Waals surface area contributed by atoms with E-state index in [-0.39, 0.29) is 30.2 Å². The van der Waals surface area contributed by atoms with Gasteiger partial charge in [0.2, 0.25) is 0 Å². The number of halogens is 1. The molecule has 0 aliphatic carbocycles. The SMILES string of the molecule is [CH2]CC[C@H]1CC(=C)[C@H](CC[C@H](C[C@@H](C)C(=C)I)OC(=O)c2ccc(-c3ccccc3)cc2)O1. The van der Waals surface area contributed by atoms with Crippen LogP contribution in [0.1, 0.15) is 55.8 Å². The summed E-state index contributed by atoms with van der Waals surface area (Å²) >= 11 is 2.26. The van der Waals surface area contributed by atoms with Gasteiger partial charge in [0, 0.05) is 0 Å². The van der Waals surface area contributed by atoms with E-state index in [0.717, 1.165) is 58.8 Å². The second kappa shape index (κ2) is 12.5. The van der Waals surface area contributed by atoms with Crippen LogP contribution in [0.15, 0.2) is 76.9 Å².